The molecule has 1 N–H and O–H groups in total. The van der Waals surface area contributed by atoms with Crippen molar-refractivity contribution in [3.63, 3.8) is 0 Å². The lowest BCUT2D eigenvalue weighted by atomic mass is 9.41. The minimum atomic E-state index is -0.0834. The number of fused-ring (bicyclic) bond motifs is 5. The molecule has 0 radical (unpaired) electrons. The van der Waals surface area contributed by atoms with Gasteiger partial charge < -0.3 is 5.11 Å². The number of carbonyl (C=O) groups excluding carboxylic acids is 1. The second-order valence-electron chi connectivity index (χ2n) is 11.5. The maximum Gasteiger partial charge on any atom is 0.158 e. The number of Topliss-reactive ketones (excluding diaryl/α,β-unsaturated/α-hetero) is 1. The number of rotatable bonds is 3. The van der Waals surface area contributed by atoms with E-state index < -0.39 is 0 Å². The number of aliphatic hydroxyl groups excluding tert-OH is 1. The van der Waals surface area contributed by atoms with Crippen molar-refractivity contribution in [2.75, 3.05) is 0 Å². The van der Waals surface area contributed by atoms with E-state index >= 15 is 0 Å². The first-order valence-corrected chi connectivity index (χ1v) is 12.3. The van der Waals surface area contributed by atoms with E-state index in [1.165, 1.54) is 44.9 Å². The van der Waals surface area contributed by atoms with E-state index in [1.54, 1.807) is 4.68 Å². The molecule has 4 saturated carbocycles. The predicted molar refractivity (Wildman–Crippen MR) is 113 cm³/mol. The molecular weight excluding hydrogens is 376 g/mol. The average Bonchev–Trinajstić information content (AvgIpc) is 3.11. The van der Waals surface area contributed by atoms with Crippen LogP contribution in [0.4, 0.5) is 0 Å². The van der Waals surface area contributed by atoms with Gasteiger partial charge >= 0.3 is 0 Å². The molecule has 0 aliphatic heterocycles. The Kier molecular flexibility index (Phi) is 5.07. The minimum absolute atomic E-state index is 0.0834. The summed E-state index contributed by atoms with van der Waals surface area (Å²) >= 11 is 0. The maximum absolute atomic E-state index is 13.4. The van der Waals surface area contributed by atoms with Gasteiger partial charge in [0.25, 0.3) is 0 Å². The highest BCUT2D eigenvalue weighted by molar-refractivity contribution is 5.81. The Hall–Kier alpha value is -1.30. The zero-order valence-corrected chi connectivity index (χ0v) is 18.9. The second kappa shape index (κ2) is 7.39. The molecule has 8 atom stereocenters. The van der Waals surface area contributed by atoms with Crippen LogP contribution in [-0.2, 0) is 11.3 Å². The van der Waals surface area contributed by atoms with Crippen molar-refractivity contribution >= 4 is 5.78 Å². The van der Waals surface area contributed by atoms with Crippen LogP contribution in [0.15, 0.2) is 0 Å². The highest BCUT2D eigenvalue weighted by Crippen LogP contribution is 2.66. The molecule has 5 rings (SSSR count). The summed E-state index contributed by atoms with van der Waals surface area (Å²) in [5.74, 6) is 4.07. The fourth-order valence-electron chi connectivity index (χ4n) is 8.61. The molecule has 0 saturated heterocycles. The van der Waals surface area contributed by atoms with Crippen molar-refractivity contribution in [1.82, 2.24) is 20.2 Å². The first-order valence-electron chi connectivity index (χ1n) is 12.3. The number of tetrazole rings is 1. The molecule has 4 aliphatic carbocycles. The summed E-state index contributed by atoms with van der Waals surface area (Å²) in [6.07, 6.45) is 11.6. The number of aromatic nitrogens is 4. The van der Waals surface area contributed by atoms with Gasteiger partial charge in [0.05, 0.1) is 6.10 Å². The van der Waals surface area contributed by atoms with Crippen molar-refractivity contribution in [3.8, 4) is 0 Å². The molecule has 30 heavy (non-hydrogen) atoms. The van der Waals surface area contributed by atoms with Crippen LogP contribution < -0.4 is 0 Å². The molecule has 0 unspecified atom stereocenters. The molecule has 0 spiro atoms. The third-order valence-electron chi connectivity index (χ3n) is 10.3. The lowest BCUT2D eigenvalue weighted by molar-refractivity contribution is -0.160. The normalized spacial score (nSPS) is 45.9. The van der Waals surface area contributed by atoms with Gasteiger partial charge in [-0.25, -0.2) is 4.68 Å². The number of nitrogens with zero attached hydrogens (tertiary/aromatic N) is 4. The van der Waals surface area contributed by atoms with E-state index in [9.17, 15) is 9.90 Å². The number of ketones is 1. The molecule has 6 heteroatoms. The summed E-state index contributed by atoms with van der Waals surface area (Å²) in [6.45, 7) is 7.15. The summed E-state index contributed by atoms with van der Waals surface area (Å²) in [6, 6.07) is 0. The Morgan fingerprint density at radius 3 is 2.60 bits per heavy atom. The number of carbonyl (C=O) groups is 1. The van der Waals surface area contributed by atoms with Crippen LogP contribution in [0.2, 0.25) is 0 Å². The van der Waals surface area contributed by atoms with Crippen LogP contribution in [0.5, 0.6) is 0 Å². The lowest BCUT2D eigenvalue weighted by Gasteiger charge is -2.63. The molecule has 0 amide bonds. The molecule has 0 bridgehead atoms. The molecule has 1 aromatic heterocycles. The highest BCUT2D eigenvalue weighted by atomic mass is 16.3. The molecule has 6 nitrogen and oxygen atoms in total. The fraction of sp³-hybridized carbons (Fsp3) is 0.917. The van der Waals surface area contributed by atoms with E-state index in [1.807, 2.05) is 6.92 Å². The van der Waals surface area contributed by atoms with Crippen molar-refractivity contribution < 1.29 is 9.90 Å². The van der Waals surface area contributed by atoms with E-state index in [4.69, 9.17) is 0 Å². The van der Waals surface area contributed by atoms with Crippen molar-refractivity contribution in [2.24, 2.45) is 40.4 Å². The Morgan fingerprint density at radius 2 is 1.83 bits per heavy atom. The molecule has 0 aromatic carbocycles. The zero-order chi connectivity index (χ0) is 21.1. The monoisotopic (exact) mass is 414 g/mol. The van der Waals surface area contributed by atoms with Gasteiger partial charge in [0.2, 0.25) is 0 Å². The highest BCUT2D eigenvalue weighted by Gasteiger charge is 2.59. The molecule has 166 valence electrons. The molecular formula is C24H38N4O2. The summed E-state index contributed by atoms with van der Waals surface area (Å²) in [7, 11) is 0. The summed E-state index contributed by atoms with van der Waals surface area (Å²) in [5.41, 5.74) is 0.514. The Labute approximate surface area is 180 Å². The average molecular weight is 415 g/mol. The van der Waals surface area contributed by atoms with E-state index in [-0.39, 0.29) is 17.4 Å². The van der Waals surface area contributed by atoms with E-state index in [0.717, 1.165) is 36.9 Å². The summed E-state index contributed by atoms with van der Waals surface area (Å²) in [5, 5.41) is 21.9. The van der Waals surface area contributed by atoms with Gasteiger partial charge in [-0.15, -0.1) is 5.10 Å². The summed E-state index contributed by atoms with van der Waals surface area (Å²) < 4.78 is 1.67. The van der Waals surface area contributed by atoms with Gasteiger partial charge in [0, 0.05) is 5.92 Å². The van der Waals surface area contributed by atoms with E-state index in [2.05, 4.69) is 29.4 Å². The fourth-order valence-corrected chi connectivity index (χ4v) is 8.61. The van der Waals surface area contributed by atoms with Gasteiger partial charge in [-0.2, -0.15) is 0 Å². The maximum atomic E-state index is 13.4. The van der Waals surface area contributed by atoms with Crippen LogP contribution in [0.3, 0.4) is 0 Å². The van der Waals surface area contributed by atoms with E-state index in [0.29, 0.717) is 29.6 Å². The molecule has 1 heterocycles. The van der Waals surface area contributed by atoms with Gasteiger partial charge in [-0.05, 0) is 110 Å². The first kappa shape index (κ1) is 20.6. The van der Waals surface area contributed by atoms with Crippen LogP contribution in [-0.4, -0.2) is 37.2 Å². The van der Waals surface area contributed by atoms with Gasteiger partial charge in [0.1, 0.15) is 12.4 Å². The Bertz CT molecular complexity index is 809. The van der Waals surface area contributed by atoms with Crippen LogP contribution in [0, 0.1) is 47.3 Å². The second-order valence-corrected chi connectivity index (χ2v) is 11.5. The first-order chi connectivity index (χ1) is 14.3. The quantitative estimate of drug-likeness (QED) is 0.810. The number of aliphatic hydroxyl groups is 1. The van der Waals surface area contributed by atoms with Gasteiger partial charge in [-0.1, -0.05) is 20.3 Å². The van der Waals surface area contributed by atoms with Crippen molar-refractivity contribution in [2.45, 2.75) is 97.6 Å². The van der Waals surface area contributed by atoms with Gasteiger partial charge in [-0.3, -0.25) is 4.79 Å². The van der Waals surface area contributed by atoms with Gasteiger partial charge in [0.15, 0.2) is 5.78 Å². The largest absolute Gasteiger partial charge is 0.393 e. The van der Waals surface area contributed by atoms with Crippen LogP contribution in [0.25, 0.3) is 0 Å². The topological polar surface area (TPSA) is 80.9 Å². The third-order valence-corrected chi connectivity index (χ3v) is 10.3. The molecule has 1 aromatic rings. The van der Waals surface area contributed by atoms with Crippen molar-refractivity contribution in [1.29, 1.82) is 0 Å². The van der Waals surface area contributed by atoms with Crippen LogP contribution >= 0.6 is 0 Å². The zero-order valence-electron chi connectivity index (χ0n) is 18.9. The predicted octanol–water partition coefficient (Wildman–Crippen LogP) is 3.96. The number of hydrogen-bond acceptors (Lipinski definition) is 5. The third kappa shape index (κ3) is 3.08. The lowest BCUT2D eigenvalue weighted by Crippen LogP contribution is -2.57. The summed E-state index contributed by atoms with van der Waals surface area (Å²) in [4.78, 5) is 13.4. The number of hydrogen-bond donors (Lipinski definition) is 1. The minimum Gasteiger partial charge on any atom is -0.393 e. The standard InChI is InChI=1S/C24H38N4O2/c1-15-25-26-27-28(15)14-22(30)21-6-4-5-19-18-8-7-16-13-17(29)9-11-23(16,2)20(18)10-12-24(19,21)3/h16-21,29H,4-14H2,1-3H3/t16-,17+,18-,19-,20-,21+,23-,24-/m0/s1. The Balaban J connectivity index is 1.38. The SMILES string of the molecule is Cc1nnnn1CC(=O)[C@H]1CCC[C@H]2[C@@H]3CC[C@H]4C[C@H](O)CC[C@]4(C)[C@H]3CC[C@]12C. The smallest absolute Gasteiger partial charge is 0.158 e. The Morgan fingerprint density at radius 1 is 1.07 bits per heavy atom. The molecule has 4 aliphatic rings. The van der Waals surface area contributed by atoms with Crippen molar-refractivity contribution in [3.05, 3.63) is 5.82 Å². The number of aryl methyl sites for hydroxylation is 1. The molecule has 4 fully saturated rings. The van der Waals surface area contributed by atoms with Crippen LogP contribution in [0.1, 0.15) is 83.9 Å².